The molecule has 1 aliphatic rings. The second-order valence-corrected chi connectivity index (χ2v) is 3.11. The van der Waals surface area contributed by atoms with Crippen molar-refractivity contribution >= 4 is 11.9 Å². The Hall–Kier alpha value is -1.26. The fraction of sp³-hybridized carbons (Fsp3) is 0.714. The van der Waals surface area contributed by atoms with E-state index >= 15 is 0 Å². The Morgan fingerprint density at radius 2 is 2.08 bits per heavy atom. The molecule has 5 nitrogen and oxygen atoms in total. The standard InChI is InChI=1S/C7H13N3O2/c8-6(11)3-5-1-2-10(4-5)7(9)12/h5H,1-4H2,(H2,8,11)(H2,9,12). The Labute approximate surface area is 70.7 Å². The summed E-state index contributed by atoms with van der Waals surface area (Å²) in [6, 6.07) is -0.415. The van der Waals surface area contributed by atoms with Gasteiger partial charge in [-0.05, 0) is 12.3 Å². The first-order chi connectivity index (χ1) is 5.59. The number of carbonyl (C=O) groups is 2. The summed E-state index contributed by atoms with van der Waals surface area (Å²) in [5.74, 6) is -0.110. The molecule has 0 aliphatic carbocycles. The summed E-state index contributed by atoms with van der Waals surface area (Å²) in [7, 11) is 0. The van der Waals surface area contributed by atoms with Gasteiger partial charge in [-0.25, -0.2) is 4.79 Å². The average molecular weight is 171 g/mol. The van der Waals surface area contributed by atoms with E-state index in [-0.39, 0.29) is 11.8 Å². The minimum Gasteiger partial charge on any atom is -0.370 e. The van der Waals surface area contributed by atoms with E-state index in [1.165, 1.54) is 4.90 Å². The van der Waals surface area contributed by atoms with E-state index < -0.39 is 6.03 Å². The van der Waals surface area contributed by atoms with Gasteiger partial charge in [0.15, 0.2) is 0 Å². The highest BCUT2D eigenvalue weighted by atomic mass is 16.2. The summed E-state index contributed by atoms with van der Waals surface area (Å²) in [5.41, 5.74) is 10.1. The molecule has 5 heteroatoms. The molecular formula is C7H13N3O2. The first-order valence-electron chi connectivity index (χ1n) is 3.92. The van der Waals surface area contributed by atoms with Gasteiger partial charge in [0.2, 0.25) is 5.91 Å². The molecule has 1 rings (SSSR count). The highest BCUT2D eigenvalue weighted by molar-refractivity contribution is 5.75. The van der Waals surface area contributed by atoms with Crippen molar-refractivity contribution in [1.82, 2.24) is 4.90 Å². The predicted octanol–water partition coefficient (Wildman–Crippen LogP) is -0.738. The second kappa shape index (κ2) is 3.42. The van der Waals surface area contributed by atoms with Gasteiger partial charge in [0, 0.05) is 19.5 Å². The minimum absolute atomic E-state index is 0.204. The van der Waals surface area contributed by atoms with Gasteiger partial charge in [0.05, 0.1) is 0 Å². The summed E-state index contributed by atoms with van der Waals surface area (Å²) < 4.78 is 0. The van der Waals surface area contributed by atoms with Crippen LogP contribution in [-0.4, -0.2) is 29.9 Å². The van der Waals surface area contributed by atoms with E-state index in [9.17, 15) is 9.59 Å². The van der Waals surface area contributed by atoms with Gasteiger partial charge in [-0.1, -0.05) is 0 Å². The molecule has 0 aromatic rings. The molecule has 0 spiro atoms. The fourth-order valence-electron chi connectivity index (χ4n) is 1.48. The lowest BCUT2D eigenvalue weighted by atomic mass is 10.1. The predicted molar refractivity (Wildman–Crippen MR) is 43.1 cm³/mol. The Morgan fingerprint density at radius 1 is 1.42 bits per heavy atom. The van der Waals surface area contributed by atoms with Crippen LogP contribution in [0.2, 0.25) is 0 Å². The van der Waals surface area contributed by atoms with Gasteiger partial charge in [0.25, 0.3) is 0 Å². The number of urea groups is 1. The Morgan fingerprint density at radius 3 is 2.50 bits per heavy atom. The maximum absolute atomic E-state index is 10.7. The molecule has 0 bridgehead atoms. The largest absolute Gasteiger partial charge is 0.370 e. The Balaban J connectivity index is 2.35. The van der Waals surface area contributed by atoms with E-state index in [0.29, 0.717) is 19.5 Å². The second-order valence-electron chi connectivity index (χ2n) is 3.11. The molecule has 0 radical (unpaired) electrons. The number of hydrogen-bond donors (Lipinski definition) is 2. The highest BCUT2D eigenvalue weighted by Gasteiger charge is 2.25. The van der Waals surface area contributed by atoms with E-state index in [0.717, 1.165) is 6.42 Å². The van der Waals surface area contributed by atoms with Crippen LogP contribution >= 0.6 is 0 Å². The Kier molecular flexibility index (Phi) is 2.52. The van der Waals surface area contributed by atoms with Crippen LogP contribution in [0.4, 0.5) is 4.79 Å². The van der Waals surface area contributed by atoms with Gasteiger partial charge in [-0.2, -0.15) is 0 Å². The maximum Gasteiger partial charge on any atom is 0.314 e. The van der Waals surface area contributed by atoms with Crippen molar-refractivity contribution in [2.24, 2.45) is 17.4 Å². The minimum atomic E-state index is -0.415. The topological polar surface area (TPSA) is 89.4 Å². The average Bonchev–Trinajstić information content (AvgIpc) is 2.34. The summed E-state index contributed by atoms with van der Waals surface area (Å²) >= 11 is 0. The van der Waals surface area contributed by atoms with Gasteiger partial charge in [0.1, 0.15) is 0 Å². The lowest BCUT2D eigenvalue weighted by molar-refractivity contribution is -0.118. The molecule has 1 heterocycles. The fourth-order valence-corrected chi connectivity index (χ4v) is 1.48. The number of hydrogen-bond acceptors (Lipinski definition) is 2. The molecule has 0 aromatic carbocycles. The molecule has 1 saturated heterocycles. The normalized spacial score (nSPS) is 22.7. The molecule has 68 valence electrons. The van der Waals surface area contributed by atoms with Crippen molar-refractivity contribution in [3.05, 3.63) is 0 Å². The molecule has 0 saturated carbocycles. The lowest BCUT2D eigenvalue weighted by Crippen LogP contribution is -2.33. The van der Waals surface area contributed by atoms with Gasteiger partial charge >= 0.3 is 6.03 Å². The number of nitrogens with zero attached hydrogens (tertiary/aromatic N) is 1. The molecule has 1 atom stereocenters. The summed E-state index contributed by atoms with van der Waals surface area (Å²) in [6.45, 7) is 1.21. The van der Waals surface area contributed by atoms with Crippen LogP contribution in [0, 0.1) is 5.92 Å². The van der Waals surface area contributed by atoms with Crippen LogP contribution in [0.5, 0.6) is 0 Å². The third kappa shape index (κ3) is 2.11. The van der Waals surface area contributed by atoms with Crippen molar-refractivity contribution in [3.8, 4) is 0 Å². The molecule has 12 heavy (non-hydrogen) atoms. The molecule has 1 aliphatic heterocycles. The van der Waals surface area contributed by atoms with Crippen LogP contribution in [0.3, 0.4) is 0 Å². The SMILES string of the molecule is NC(=O)CC1CCN(C(N)=O)C1. The van der Waals surface area contributed by atoms with Crippen LogP contribution < -0.4 is 11.5 Å². The number of rotatable bonds is 2. The number of likely N-dealkylation sites (tertiary alicyclic amines) is 1. The molecular weight excluding hydrogens is 158 g/mol. The van der Waals surface area contributed by atoms with E-state index in [1.54, 1.807) is 0 Å². The monoisotopic (exact) mass is 171 g/mol. The number of amides is 3. The molecule has 1 unspecified atom stereocenters. The first kappa shape index (κ1) is 8.83. The van der Waals surface area contributed by atoms with E-state index in [2.05, 4.69) is 0 Å². The van der Waals surface area contributed by atoms with Crippen molar-refractivity contribution in [2.75, 3.05) is 13.1 Å². The number of primary amides is 2. The zero-order chi connectivity index (χ0) is 9.14. The molecule has 0 aromatic heterocycles. The van der Waals surface area contributed by atoms with Crippen molar-refractivity contribution in [3.63, 3.8) is 0 Å². The smallest absolute Gasteiger partial charge is 0.314 e. The summed E-state index contributed by atoms with van der Waals surface area (Å²) in [6.07, 6.45) is 1.18. The number of nitrogens with two attached hydrogens (primary N) is 2. The van der Waals surface area contributed by atoms with E-state index in [4.69, 9.17) is 11.5 Å². The van der Waals surface area contributed by atoms with Gasteiger partial charge in [-0.15, -0.1) is 0 Å². The van der Waals surface area contributed by atoms with Crippen LogP contribution in [0.1, 0.15) is 12.8 Å². The quantitative estimate of drug-likeness (QED) is 0.573. The maximum atomic E-state index is 10.7. The third-order valence-corrected chi connectivity index (χ3v) is 2.09. The first-order valence-corrected chi connectivity index (χ1v) is 3.92. The van der Waals surface area contributed by atoms with Crippen molar-refractivity contribution in [1.29, 1.82) is 0 Å². The van der Waals surface area contributed by atoms with E-state index in [1.807, 2.05) is 0 Å². The van der Waals surface area contributed by atoms with Crippen LogP contribution in [0.25, 0.3) is 0 Å². The Bertz CT molecular complexity index is 205. The molecule has 1 fully saturated rings. The van der Waals surface area contributed by atoms with Crippen molar-refractivity contribution < 1.29 is 9.59 Å². The third-order valence-electron chi connectivity index (χ3n) is 2.09. The summed E-state index contributed by atoms with van der Waals surface area (Å²) in [4.78, 5) is 22.7. The molecule has 4 N–H and O–H groups in total. The van der Waals surface area contributed by atoms with Crippen molar-refractivity contribution in [2.45, 2.75) is 12.8 Å². The summed E-state index contributed by atoms with van der Waals surface area (Å²) in [5, 5.41) is 0. The van der Waals surface area contributed by atoms with Gasteiger partial charge < -0.3 is 16.4 Å². The number of carbonyl (C=O) groups excluding carboxylic acids is 2. The van der Waals surface area contributed by atoms with Crippen LogP contribution in [0.15, 0.2) is 0 Å². The zero-order valence-electron chi connectivity index (χ0n) is 6.82. The molecule has 3 amide bonds. The zero-order valence-corrected chi connectivity index (χ0v) is 6.82. The van der Waals surface area contributed by atoms with Crippen LogP contribution in [-0.2, 0) is 4.79 Å². The lowest BCUT2D eigenvalue weighted by Gasteiger charge is -2.11. The highest BCUT2D eigenvalue weighted by Crippen LogP contribution is 2.18. The van der Waals surface area contributed by atoms with Gasteiger partial charge in [-0.3, -0.25) is 4.79 Å².